The van der Waals surface area contributed by atoms with Gasteiger partial charge in [0.2, 0.25) is 0 Å². The first-order valence-electron chi connectivity index (χ1n) is 6.65. The Hall–Kier alpha value is -1.73. The summed E-state index contributed by atoms with van der Waals surface area (Å²) in [6, 6.07) is 1.78. The Bertz CT molecular complexity index is 495. The van der Waals surface area contributed by atoms with E-state index in [9.17, 15) is 10.1 Å². The van der Waals surface area contributed by atoms with Crippen LogP contribution in [0.15, 0.2) is 12.3 Å². The largest absolute Gasteiger partial charge is 0.373 e. The highest BCUT2D eigenvalue weighted by Gasteiger charge is 2.24. The van der Waals surface area contributed by atoms with Gasteiger partial charge < -0.3 is 15.0 Å². The summed E-state index contributed by atoms with van der Waals surface area (Å²) in [5, 5.41) is 14.0. The second-order valence-electron chi connectivity index (χ2n) is 5.22. The van der Waals surface area contributed by atoms with Crippen LogP contribution in [0.4, 0.5) is 11.5 Å². The summed E-state index contributed by atoms with van der Waals surface area (Å²) in [5.74, 6) is 0.637. The summed E-state index contributed by atoms with van der Waals surface area (Å²) in [6.07, 6.45) is 1.38. The molecule has 2 unspecified atom stereocenters. The molecule has 1 aromatic heterocycles. The number of pyridine rings is 1. The minimum atomic E-state index is -0.422. The predicted octanol–water partition coefficient (Wildman–Crippen LogP) is 1.43. The van der Waals surface area contributed by atoms with Gasteiger partial charge in [-0.3, -0.25) is 10.1 Å². The third-order valence-electron chi connectivity index (χ3n) is 3.51. The fraction of sp³-hybridized carbons (Fsp3) is 0.615. The number of morpholine rings is 1. The first-order chi connectivity index (χ1) is 9.47. The molecule has 1 aliphatic rings. The summed E-state index contributed by atoms with van der Waals surface area (Å²) in [6.45, 7) is 6.26. The number of likely N-dealkylation sites (N-methyl/N-ethyl adjacent to an activating group) is 1. The lowest BCUT2D eigenvalue weighted by molar-refractivity contribution is -0.385. The van der Waals surface area contributed by atoms with Crippen molar-refractivity contribution in [2.24, 2.45) is 0 Å². The molecular weight excluding hydrogens is 260 g/mol. The lowest BCUT2D eigenvalue weighted by atomic mass is 10.1. The van der Waals surface area contributed by atoms with Crippen LogP contribution in [-0.4, -0.2) is 53.7 Å². The van der Waals surface area contributed by atoms with Gasteiger partial charge in [-0.15, -0.1) is 0 Å². The highest BCUT2D eigenvalue weighted by atomic mass is 16.6. The molecule has 1 N–H and O–H groups in total. The van der Waals surface area contributed by atoms with E-state index in [-0.39, 0.29) is 17.8 Å². The number of hydrogen-bond donors (Lipinski definition) is 1. The first kappa shape index (κ1) is 14.7. The van der Waals surface area contributed by atoms with Crippen LogP contribution < -0.4 is 5.32 Å². The van der Waals surface area contributed by atoms with Crippen LogP contribution in [0.1, 0.15) is 12.5 Å². The number of hydrogen-bond acceptors (Lipinski definition) is 6. The SMILES string of the molecule is Cc1cc(NC(C)C2CN(C)CCO2)ncc1[N+](=O)[O-]. The van der Waals surface area contributed by atoms with E-state index < -0.39 is 4.92 Å². The van der Waals surface area contributed by atoms with Gasteiger partial charge in [-0.1, -0.05) is 0 Å². The molecule has 2 atom stereocenters. The van der Waals surface area contributed by atoms with E-state index in [1.54, 1.807) is 13.0 Å². The number of nitrogens with zero attached hydrogens (tertiary/aromatic N) is 3. The van der Waals surface area contributed by atoms with E-state index in [0.717, 1.165) is 19.7 Å². The standard InChI is InChI=1S/C13H20N4O3/c1-9-6-13(14-7-11(9)17(18)19)15-10(2)12-8-16(3)4-5-20-12/h6-7,10,12H,4-5,8H2,1-3H3,(H,14,15). The molecule has 2 heterocycles. The minimum Gasteiger partial charge on any atom is -0.373 e. The van der Waals surface area contributed by atoms with Crippen LogP contribution in [-0.2, 0) is 4.74 Å². The zero-order chi connectivity index (χ0) is 14.7. The Morgan fingerprint density at radius 2 is 2.40 bits per heavy atom. The second-order valence-corrected chi connectivity index (χ2v) is 5.22. The van der Waals surface area contributed by atoms with Gasteiger partial charge in [0.05, 0.1) is 23.7 Å². The lowest BCUT2D eigenvalue weighted by Gasteiger charge is -2.34. The first-order valence-corrected chi connectivity index (χ1v) is 6.65. The van der Waals surface area contributed by atoms with Crippen molar-refractivity contribution in [3.63, 3.8) is 0 Å². The van der Waals surface area contributed by atoms with Crippen LogP contribution in [0.5, 0.6) is 0 Å². The highest BCUT2D eigenvalue weighted by Crippen LogP contribution is 2.20. The summed E-state index contributed by atoms with van der Waals surface area (Å²) in [5.41, 5.74) is 0.637. The van der Waals surface area contributed by atoms with Crippen LogP contribution in [0.2, 0.25) is 0 Å². The van der Waals surface area contributed by atoms with Crippen molar-refractivity contribution in [3.8, 4) is 0 Å². The summed E-state index contributed by atoms with van der Waals surface area (Å²) < 4.78 is 5.73. The molecule has 0 saturated carbocycles. The average molecular weight is 280 g/mol. The molecule has 110 valence electrons. The minimum absolute atomic E-state index is 0.0388. The zero-order valence-electron chi connectivity index (χ0n) is 12.0. The van der Waals surface area contributed by atoms with Crippen LogP contribution in [0.25, 0.3) is 0 Å². The maximum atomic E-state index is 10.8. The molecule has 1 fully saturated rings. The van der Waals surface area contributed by atoms with E-state index in [2.05, 4.69) is 22.2 Å². The molecule has 0 aliphatic carbocycles. The van der Waals surface area contributed by atoms with E-state index in [1.807, 2.05) is 6.92 Å². The van der Waals surface area contributed by atoms with Gasteiger partial charge in [-0.2, -0.15) is 0 Å². The fourth-order valence-corrected chi connectivity index (χ4v) is 2.26. The van der Waals surface area contributed by atoms with Crippen molar-refractivity contribution in [1.29, 1.82) is 0 Å². The van der Waals surface area contributed by atoms with E-state index in [1.165, 1.54) is 6.20 Å². The van der Waals surface area contributed by atoms with E-state index in [4.69, 9.17) is 4.74 Å². The molecule has 2 rings (SSSR count). The number of rotatable bonds is 4. The molecule has 0 bridgehead atoms. The Morgan fingerprint density at radius 3 is 3.00 bits per heavy atom. The smallest absolute Gasteiger partial charge is 0.290 e. The number of aromatic nitrogens is 1. The normalized spacial score (nSPS) is 21.4. The van der Waals surface area contributed by atoms with Crippen molar-refractivity contribution in [2.75, 3.05) is 32.1 Å². The average Bonchev–Trinajstić information content (AvgIpc) is 2.38. The summed E-state index contributed by atoms with van der Waals surface area (Å²) >= 11 is 0. The molecule has 20 heavy (non-hydrogen) atoms. The van der Waals surface area contributed by atoms with E-state index in [0.29, 0.717) is 11.4 Å². The Kier molecular flexibility index (Phi) is 4.51. The molecule has 1 aliphatic heterocycles. The maximum absolute atomic E-state index is 10.8. The molecule has 0 spiro atoms. The van der Waals surface area contributed by atoms with Crippen molar-refractivity contribution >= 4 is 11.5 Å². The molecule has 1 aromatic rings. The van der Waals surface area contributed by atoms with Gasteiger partial charge in [0.15, 0.2) is 0 Å². The predicted molar refractivity (Wildman–Crippen MR) is 76.0 cm³/mol. The monoisotopic (exact) mass is 280 g/mol. The van der Waals surface area contributed by atoms with Gasteiger partial charge in [0.1, 0.15) is 12.0 Å². The molecule has 0 amide bonds. The molecule has 0 radical (unpaired) electrons. The fourth-order valence-electron chi connectivity index (χ4n) is 2.26. The van der Waals surface area contributed by atoms with Crippen LogP contribution >= 0.6 is 0 Å². The van der Waals surface area contributed by atoms with Gasteiger partial charge >= 0.3 is 0 Å². The lowest BCUT2D eigenvalue weighted by Crippen LogP contribution is -2.47. The number of ether oxygens (including phenoxy) is 1. The van der Waals surface area contributed by atoms with Crippen molar-refractivity contribution in [1.82, 2.24) is 9.88 Å². The molecule has 7 nitrogen and oxygen atoms in total. The number of nitro groups is 1. The van der Waals surface area contributed by atoms with Crippen molar-refractivity contribution in [2.45, 2.75) is 26.0 Å². The number of nitrogens with one attached hydrogen (secondary N) is 1. The molecule has 7 heteroatoms. The van der Waals surface area contributed by atoms with Crippen LogP contribution in [0.3, 0.4) is 0 Å². The third kappa shape index (κ3) is 3.43. The second kappa shape index (κ2) is 6.15. The molecule has 0 aromatic carbocycles. The van der Waals surface area contributed by atoms with Crippen LogP contribution in [0, 0.1) is 17.0 Å². The van der Waals surface area contributed by atoms with Gasteiger partial charge in [-0.25, -0.2) is 4.98 Å². The molecular formula is C13H20N4O3. The topological polar surface area (TPSA) is 80.5 Å². The number of anilines is 1. The summed E-state index contributed by atoms with van der Waals surface area (Å²) in [4.78, 5) is 16.7. The van der Waals surface area contributed by atoms with Gasteiger partial charge in [0.25, 0.3) is 5.69 Å². The Labute approximate surface area is 118 Å². The Morgan fingerprint density at radius 1 is 1.65 bits per heavy atom. The zero-order valence-corrected chi connectivity index (χ0v) is 12.0. The quantitative estimate of drug-likeness (QED) is 0.664. The third-order valence-corrected chi connectivity index (χ3v) is 3.51. The highest BCUT2D eigenvalue weighted by molar-refractivity contribution is 5.47. The summed E-state index contributed by atoms with van der Waals surface area (Å²) in [7, 11) is 2.07. The maximum Gasteiger partial charge on any atom is 0.290 e. The van der Waals surface area contributed by atoms with Crippen molar-refractivity contribution < 1.29 is 9.66 Å². The Balaban J connectivity index is 2.02. The van der Waals surface area contributed by atoms with Crippen molar-refractivity contribution in [3.05, 3.63) is 27.9 Å². The van der Waals surface area contributed by atoms with E-state index >= 15 is 0 Å². The number of aryl methyl sites for hydroxylation is 1. The van der Waals surface area contributed by atoms with Gasteiger partial charge in [0, 0.05) is 18.7 Å². The molecule has 1 saturated heterocycles. The van der Waals surface area contributed by atoms with Gasteiger partial charge in [-0.05, 0) is 27.0 Å².